The largest absolute Gasteiger partial charge is 0.497 e. The summed E-state index contributed by atoms with van der Waals surface area (Å²) in [5.74, 6) is 0.893. The van der Waals surface area contributed by atoms with Gasteiger partial charge in [-0.1, -0.05) is 10.6 Å². The molecule has 1 amide bonds. The number of rotatable bonds is 6. The van der Waals surface area contributed by atoms with Crippen molar-refractivity contribution in [1.29, 1.82) is 0 Å². The Morgan fingerprint density at radius 1 is 1.14 bits per heavy atom. The monoisotopic (exact) mass is 415 g/mol. The molecular weight excluding hydrogens is 398 g/mol. The lowest BCUT2D eigenvalue weighted by Crippen LogP contribution is -2.45. The maximum atomic E-state index is 11.9. The summed E-state index contributed by atoms with van der Waals surface area (Å²) in [6, 6.07) is 14.5. The number of thiocarbonyl (C=S) groups is 1. The molecule has 28 heavy (non-hydrogen) atoms. The number of methoxy groups -OCH3 is 1. The van der Waals surface area contributed by atoms with Gasteiger partial charge < -0.3 is 14.8 Å². The van der Waals surface area contributed by atoms with Crippen LogP contribution in [0, 0.1) is 0 Å². The zero-order valence-corrected chi connectivity index (χ0v) is 16.5. The lowest BCUT2D eigenvalue weighted by atomic mass is 10.2. The average Bonchev–Trinajstić information content (AvgIpc) is 3.26. The Morgan fingerprint density at radius 3 is 2.68 bits per heavy atom. The van der Waals surface area contributed by atoms with Gasteiger partial charge in [0.2, 0.25) is 0 Å². The molecule has 0 spiro atoms. The molecular formula is C18H17N5O3S2. The quantitative estimate of drug-likeness (QED) is 0.418. The molecule has 10 heteroatoms. The number of ether oxygens (including phenoxy) is 2. The Morgan fingerprint density at radius 2 is 1.96 bits per heavy atom. The topological polar surface area (TPSA) is 97.4 Å². The van der Waals surface area contributed by atoms with Crippen LogP contribution >= 0.6 is 23.8 Å². The Balaban J connectivity index is 1.41. The smallest absolute Gasteiger partial charge is 0.276 e. The molecule has 0 aliphatic heterocycles. The lowest BCUT2D eigenvalue weighted by Gasteiger charge is -2.12. The fourth-order valence-corrected chi connectivity index (χ4v) is 2.82. The standard InChI is InChI=1S/C18H17N5O3S2/c1-25-15-4-2-3-13(9-15)19-18(27)22-21-17(24)10-26-14-7-5-12(6-8-14)16-11-28-23-20-16/h2-9,11H,10H2,1H3,(H,21,24)(H2,19,22,27). The van der Waals surface area contributed by atoms with Crippen LogP contribution in [0.2, 0.25) is 0 Å². The summed E-state index contributed by atoms with van der Waals surface area (Å²) in [4.78, 5) is 11.9. The summed E-state index contributed by atoms with van der Waals surface area (Å²) in [6.45, 7) is -0.160. The molecule has 8 nitrogen and oxygen atoms in total. The van der Waals surface area contributed by atoms with E-state index in [2.05, 4.69) is 25.8 Å². The number of amides is 1. The number of hydrogen-bond acceptors (Lipinski definition) is 7. The minimum absolute atomic E-state index is 0.160. The van der Waals surface area contributed by atoms with Gasteiger partial charge in [0.15, 0.2) is 11.7 Å². The Bertz CT molecular complexity index is 933. The first-order valence-corrected chi connectivity index (χ1v) is 9.39. The second kappa shape index (κ2) is 9.62. The van der Waals surface area contributed by atoms with Gasteiger partial charge in [-0.3, -0.25) is 15.6 Å². The van der Waals surface area contributed by atoms with Crippen LogP contribution < -0.4 is 25.6 Å². The molecule has 0 atom stereocenters. The van der Waals surface area contributed by atoms with Crippen molar-refractivity contribution in [3.05, 3.63) is 53.9 Å². The van der Waals surface area contributed by atoms with Gasteiger partial charge in [-0.25, -0.2) is 0 Å². The third-order valence-corrected chi connectivity index (χ3v) is 4.23. The first-order chi connectivity index (χ1) is 13.6. The number of anilines is 1. The van der Waals surface area contributed by atoms with E-state index in [-0.39, 0.29) is 17.6 Å². The maximum Gasteiger partial charge on any atom is 0.276 e. The molecule has 0 bridgehead atoms. The van der Waals surface area contributed by atoms with Gasteiger partial charge in [-0.2, -0.15) is 0 Å². The van der Waals surface area contributed by atoms with E-state index in [1.165, 1.54) is 11.5 Å². The molecule has 0 fully saturated rings. The van der Waals surface area contributed by atoms with Crippen LogP contribution in [-0.2, 0) is 4.79 Å². The van der Waals surface area contributed by atoms with E-state index in [1.54, 1.807) is 25.3 Å². The van der Waals surface area contributed by atoms with Gasteiger partial charge in [-0.15, -0.1) is 5.10 Å². The first-order valence-electron chi connectivity index (χ1n) is 8.14. The van der Waals surface area contributed by atoms with Crippen molar-refractivity contribution in [2.24, 2.45) is 0 Å². The Kier molecular flexibility index (Phi) is 6.71. The van der Waals surface area contributed by atoms with Crippen LogP contribution in [0.4, 0.5) is 5.69 Å². The highest BCUT2D eigenvalue weighted by Crippen LogP contribution is 2.21. The van der Waals surface area contributed by atoms with Crippen molar-refractivity contribution in [1.82, 2.24) is 20.4 Å². The van der Waals surface area contributed by atoms with Crippen molar-refractivity contribution < 1.29 is 14.3 Å². The van der Waals surface area contributed by atoms with E-state index in [4.69, 9.17) is 21.7 Å². The molecule has 144 valence electrons. The normalized spacial score (nSPS) is 10.0. The van der Waals surface area contributed by atoms with Crippen LogP contribution in [-0.4, -0.2) is 34.3 Å². The second-order valence-corrected chi connectivity index (χ2v) is 6.48. The zero-order chi connectivity index (χ0) is 19.8. The molecule has 0 aliphatic rings. The van der Waals surface area contributed by atoms with Crippen molar-refractivity contribution in [2.75, 3.05) is 19.0 Å². The molecule has 2 aromatic carbocycles. The SMILES string of the molecule is COc1cccc(NC(=S)NNC(=O)COc2ccc(-c3csnn3)cc2)c1. The number of hydrazine groups is 1. The Labute approximate surface area is 171 Å². The average molecular weight is 416 g/mol. The van der Waals surface area contributed by atoms with Gasteiger partial charge >= 0.3 is 0 Å². The number of benzene rings is 2. The number of hydrogen-bond donors (Lipinski definition) is 3. The molecule has 3 aromatic rings. The number of nitrogens with zero attached hydrogens (tertiary/aromatic N) is 2. The molecule has 3 rings (SSSR count). The highest BCUT2D eigenvalue weighted by atomic mass is 32.1. The summed E-state index contributed by atoms with van der Waals surface area (Å²) in [7, 11) is 1.58. The van der Waals surface area contributed by atoms with Crippen molar-refractivity contribution in [2.45, 2.75) is 0 Å². The summed E-state index contributed by atoms with van der Waals surface area (Å²) >= 11 is 6.42. The zero-order valence-electron chi connectivity index (χ0n) is 14.8. The number of carbonyl (C=O) groups excluding carboxylic acids is 1. The molecule has 1 aromatic heterocycles. The second-order valence-electron chi connectivity index (χ2n) is 5.46. The lowest BCUT2D eigenvalue weighted by molar-refractivity contribution is -0.123. The minimum atomic E-state index is -0.373. The van der Waals surface area contributed by atoms with Gasteiger partial charge in [0.1, 0.15) is 17.2 Å². The molecule has 1 heterocycles. The van der Waals surface area contributed by atoms with Crippen molar-refractivity contribution >= 4 is 40.5 Å². The van der Waals surface area contributed by atoms with E-state index in [0.29, 0.717) is 11.5 Å². The van der Waals surface area contributed by atoms with Crippen LogP contribution in [0.5, 0.6) is 11.5 Å². The summed E-state index contributed by atoms with van der Waals surface area (Å²) in [5, 5.41) is 9.04. The van der Waals surface area contributed by atoms with Crippen LogP contribution in [0.3, 0.4) is 0 Å². The molecule has 0 radical (unpaired) electrons. The van der Waals surface area contributed by atoms with E-state index < -0.39 is 0 Å². The first kappa shape index (κ1) is 19.5. The van der Waals surface area contributed by atoms with Crippen molar-refractivity contribution in [3.63, 3.8) is 0 Å². The van der Waals surface area contributed by atoms with E-state index in [0.717, 1.165) is 16.9 Å². The molecule has 3 N–H and O–H groups in total. The summed E-state index contributed by atoms with van der Waals surface area (Å²) in [6.07, 6.45) is 0. The summed E-state index contributed by atoms with van der Waals surface area (Å²) in [5.41, 5.74) is 7.55. The fraction of sp³-hybridized carbons (Fsp3) is 0.111. The fourth-order valence-electron chi connectivity index (χ4n) is 2.19. The highest BCUT2D eigenvalue weighted by molar-refractivity contribution is 7.80. The number of aromatic nitrogens is 2. The molecule has 0 aliphatic carbocycles. The van der Waals surface area contributed by atoms with Gasteiger partial charge in [0, 0.05) is 22.7 Å². The van der Waals surface area contributed by atoms with Gasteiger partial charge in [0.25, 0.3) is 5.91 Å². The molecule has 0 saturated carbocycles. The third-order valence-electron chi connectivity index (χ3n) is 3.52. The third kappa shape index (κ3) is 5.63. The van der Waals surface area contributed by atoms with E-state index in [9.17, 15) is 4.79 Å². The Hall–Kier alpha value is -3.24. The van der Waals surface area contributed by atoms with Crippen molar-refractivity contribution in [3.8, 4) is 22.8 Å². The van der Waals surface area contributed by atoms with E-state index in [1.807, 2.05) is 35.7 Å². The highest BCUT2D eigenvalue weighted by Gasteiger charge is 2.06. The predicted octanol–water partition coefficient (Wildman–Crippen LogP) is 2.61. The maximum absolute atomic E-state index is 11.9. The van der Waals surface area contributed by atoms with Crippen LogP contribution in [0.15, 0.2) is 53.9 Å². The van der Waals surface area contributed by atoms with Gasteiger partial charge in [0.05, 0.1) is 7.11 Å². The molecule has 0 saturated heterocycles. The molecule has 0 unspecified atom stereocenters. The predicted molar refractivity (Wildman–Crippen MR) is 111 cm³/mol. The summed E-state index contributed by atoms with van der Waals surface area (Å²) < 4.78 is 14.4. The number of carbonyl (C=O) groups is 1. The van der Waals surface area contributed by atoms with Crippen LogP contribution in [0.25, 0.3) is 11.3 Å². The van der Waals surface area contributed by atoms with Gasteiger partial charge in [-0.05, 0) is 60.1 Å². The van der Waals surface area contributed by atoms with E-state index >= 15 is 0 Å². The van der Waals surface area contributed by atoms with Crippen LogP contribution in [0.1, 0.15) is 0 Å². The minimum Gasteiger partial charge on any atom is -0.497 e. The number of nitrogens with one attached hydrogen (secondary N) is 3.